The summed E-state index contributed by atoms with van der Waals surface area (Å²) in [4.78, 5) is 27.1. The Labute approximate surface area is 154 Å². The number of hydrogen-bond acceptors (Lipinski definition) is 6. The lowest BCUT2D eigenvalue weighted by atomic mass is 10.1. The minimum atomic E-state index is -0.630. The Hall–Kier alpha value is -3.94. The molecule has 0 aliphatic rings. The smallest absolute Gasteiger partial charge is 0.282 e. The van der Waals surface area contributed by atoms with Crippen LogP contribution in [-0.4, -0.2) is 22.9 Å². The maximum absolute atomic E-state index is 12.5. The van der Waals surface area contributed by atoms with Gasteiger partial charge in [0, 0.05) is 12.3 Å². The second-order valence-corrected chi connectivity index (χ2v) is 5.36. The van der Waals surface area contributed by atoms with Gasteiger partial charge in [-0.3, -0.25) is 14.9 Å². The summed E-state index contributed by atoms with van der Waals surface area (Å²) in [6.45, 7) is 0. The summed E-state index contributed by atoms with van der Waals surface area (Å²) in [6.07, 6.45) is 1.51. The summed E-state index contributed by atoms with van der Waals surface area (Å²) < 4.78 is 10.8. The molecule has 2 aromatic carbocycles. The SMILES string of the molecule is COc1ccc(Oc2ncccc2NC(=O)c2ccccc2[N+](=O)[O-])cc1. The number of aromatic nitrogens is 1. The Balaban J connectivity index is 1.84. The van der Waals surface area contributed by atoms with Gasteiger partial charge >= 0.3 is 0 Å². The van der Waals surface area contributed by atoms with Crippen LogP contribution in [0.1, 0.15) is 10.4 Å². The quantitative estimate of drug-likeness (QED) is 0.522. The minimum absolute atomic E-state index is 0.0539. The van der Waals surface area contributed by atoms with E-state index in [0.717, 1.165) is 0 Å². The monoisotopic (exact) mass is 365 g/mol. The van der Waals surface area contributed by atoms with Gasteiger partial charge in [-0.05, 0) is 42.5 Å². The van der Waals surface area contributed by atoms with E-state index in [-0.39, 0.29) is 22.8 Å². The fourth-order valence-corrected chi connectivity index (χ4v) is 2.34. The summed E-state index contributed by atoms with van der Waals surface area (Å²) in [5, 5.41) is 13.7. The van der Waals surface area contributed by atoms with Crippen molar-refractivity contribution in [3.05, 3.63) is 82.5 Å². The van der Waals surface area contributed by atoms with E-state index in [9.17, 15) is 14.9 Å². The average molecular weight is 365 g/mol. The number of methoxy groups -OCH3 is 1. The third kappa shape index (κ3) is 4.18. The van der Waals surface area contributed by atoms with Crippen LogP contribution in [0, 0.1) is 10.1 Å². The highest BCUT2D eigenvalue weighted by Crippen LogP contribution is 2.29. The molecule has 0 saturated carbocycles. The molecule has 0 aliphatic heterocycles. The van der Waals surface area contributed by atoms with Crippen LogP contribution >= 0.6 is 0 Å². The number of nitro groups is 1. The molecule has 0 spiro atoms. The lowest BCUT2D eigenvalue weighted by Crippen LogP contribution is -2.14. The second-order valence-electron chi connectivity index (χ2n) is 5.36. The second kappa shape index (κ2) is 7.96. The zero-order chi connectivity index (χ0) is 19.2. The molecule has 0 radical (unpaired) electrons. The van der Waals surface area contributed by atoms with Gasteiger partial charge < -0.3 is 14.8 Å². The Morgan fingerprint density at radius 3 is 2.44 bits per heavy atom. The van der Waals surface area contributed by atoms with Gasteiger partial charge in [-0.15, -0.1) is 0 Å². The van der Waals surface area contributed by atoms with Crippen LogP contribution in [0.4, 0.5) is 11.4 Å². The van der Waals surface area contributed by atoms with Crippen LogP contribution in [-0.2, 0) is 0 Å². The standard InChI is InChI=1S/C19H15N3O5/c1-26-13-8-10-14(11-9-13)27-19-16(6-4-12-20-19)21-18(23)15-5-2-3-7-17(15)22(24)25/h2-12H,1H3,(H,21,23). The van der Waals surface area contributed by atoms with Crippen LogP contribution in [0.15, 0.2) is 66.9 Å². The number of nitrogens with one attached hydrogen (secondary N) is 1. The van der Waals surface area contributed by atoms with Crippen molar-refractivity contribution in [1.29, 1.82) is 0 Å². The number of carbonyl (C=O) groups is 1. The Kier molecular flexibility index (Phi) is 5.27. The van der Waals surface area contributed by atoms with Crippen molar-refractivity contribution >= 4 is 17.3 Å². The highest BCUT2D eigenvalue weighted by atomic mass is 16.6. The Morgan fingerprint density at radius 2 is 1.74 bits per heavy atom. The van der Waals surface area contributed by atoms with E-state index in [1.165, 1.54) is 24.4 Å². The molecular formula is C19H15N3O5. The third-order valence-corrected chi connectivity index (χ3v) is 3.64. The van der Waals surface area contributed by atoms with E-state index in [1.807, 2.05) is 0 Å². The van der Waals surface area contributed by atoms with Crippen LogP contribution in [0.2, 0.25) is 0 Å². The molecule has 27 heavy (non-hydrogen) atoms. The van der Waals surface area contributed by atoms with E-state index in [4.69, 9.17) is 9.47 Å². The van der Waals surface area contributed by atoms with Gasteiger partial charge in [-0.2, -0.15) is 0 Å². The van der Waals surface area contributed by atoms with Gasteiger partial charge in [0.2, 0.25) is 5.88 Å². The highest BCUT2D eigenvalue weighted by Gasteiger charge is 2.20. The molecule has 0 saturated heterocycles. The molecule has 1 aromatic heterocycles. The fraction of sp³-hybridized carbons (Fsp3) is 0.0526. The molecule has 3 rings (SSSR count). The lowest BCUT2D eigenvalue weighted by molar-refractivity contribution is -0.385. The summed E-state index contributed by atoms with van der Waals surface area (Å²) in [5.74, 6) is 0.702. The van der Waals surface area contributed by atoms with Crippen LogP contribution in [0.25, 0.3) is 0 Å². The molecule has 0 fully saturated rings. The molecule has 8 nitrogen and oxygen atoms in total. The number of hydrogen-bond donors (Lipinski definition) is 1. The van der Waals surface area contributed by atoms with Crippen molar-refractivity contribution in [2.24, 2.45) is 0 Å². The molecular weight excluding hydrogens is 350 g/mol. The maximum Gasteiger partial charge on any atom is 0.282 e. The van der Waals surface area contributed by atoms with Gasteiger partial charge in [0.1, 0.15) is 22.7 Å². The van der Waals surface area contributed by atoms with Crippen molar-refractivity contribution in [3.63, 3.8) is 0 Å². The number of anilines is 1. The highest BCUT2D eigenvalue weighted by molar-refractivity contribution is 6.07. The molecule has 0 unspecified atom stereocenters. The first kappa shape index (κ1) is 17.9. The van der Waals surface area contributed by atoms with Crippen molar-refractivity contribution in [2.75, 3.05) is 12.4 Å². The van der Waals surface area contributed by atoms with E-state index < -0.39 is 10.8 Å². The normalized spacial score (nSPS) is 10.1. The summed E-state index contributed by atoms with van der Waals surface area (Å²) >= 11 is 0. The minimum Gasteiger partial charge on any atom is -0.497 e. The number of rotatable bonds is 6. The lowest BCUT2D eigenvalue weighted by Gasteiger charge is -2.11. The molecule has 1 N–H and O–H groups in total. The zero-order valence-electron chi connectivity index (χ0n) is 14.3. The largest absolute Gasteiger partial charge is 0.497 e. The van der Waals surface area contributed by atoms with Crippen LogP contribution in [0.3, 0.4) is 0 Å². The summed E-state index contributed by atoms with van der Waals surface area (Å²) in [6, 6.07) is 15.8. The first-order valence-corrected chi connectivity index (χ1v) is 7.90. The average Bonchev–Trinajstić information content (AvgIpc) is 2.70. The van der Waals surface area contributed by atoms with Crippen LogP contribution in [0.5, 0.6) is 17.4 Å². The maximum atomic E-state index is 12.5. The van der Waals surface area contributed by atoms with E-state index in [0.29, 0.717) is 11.5 Å². The Bertz CT molecular complexity index is 973. The molecule has 8 heteroatoms. The van der Waals surface area contributed by atoms with Gasteiger partial charge in [-0.1, -0.05) is 12.1 Å². The first-order chi connectivity index (χ1) is 13.1. The van der Waals surface area contributed by atoms with Gasteiger partial charge in [-0.25, -0.2) is 4.98 Å². The molecule has 0 atom stereocenters. The number of carbonyl (C=O) groups excluding carboxylic acids is 1. The number of pyridine rings is 1. The van der Waals surface area contributed by atoms with Crippen molar-refractivity contribution < 1.29 is 19.2 Å². The van der Waals surface area contributed by atoms with Gasteiger partial charge in [0.25, 0.3) is 11.6 Å². The molecule has 1 heterocycles. The van der Waals surface area contributed by atoms with E-state index in [1.54, 1.807) is 49.6 Å². The van der Waals surface area contributed by atoms with Crippen LogP contribution < -0.4 is 14.8 Å². The van der Waals surface area contributed by atoms with E-state index in [2.05, 4.69) is 10.3 Å². The third-order valence-electron chi connectivity index (χ3n) is 3.64. The molecule has 136 valence electrons. The number of amides is 1. The number of para-hydroxylation sites is 1. The Morgan fingerprint density at radius 1 is 1.04 bits per heavy atom. The number of ether oxygens (including phenoxy) is 2. The van der Waals surface area contributed by atoms with Crippen molar-refractivity contribution in [3.8, 4) is 17.4 Å². The van der Waals surface area contributed by atoms with Crippen molar-refractivity contribution in [1.82, 2.24) is 4.98 Å². The molecule has 1 amide bonds. The predicted molar refractivity (Wildman–Crippen MR) is 98.4 cm³/mol. The number of benzene rings is 2. The molecule has 0 aliphatic carbocycles. The van der Waals surface area contributed by atoms with Crippen molar-refractivity contribution in [2.45, 2.75) is 0 Å². The fourth-order valence-electron chi connectivity index (χ4n) is 2.34. The number of nitro benzene ring substituents is 1. The first-order valence-electron chi connectivity index (χ1n) is 7.90. The number of nitrogens with zero attached hydrogens (tertiary/aromatic N) is 2. The molecule has 3 aromatic rings. The summed E-state index contributed by atoms with van der Waals surface area (Å²) in [7, 11) is 1.56. The summed E-state index contributed by atoms with van der Waals surface area (Å²) in [5.41, 5.74) is -0.0465. The predicted octanol–water partition coefficient (Wildman–Crippen LogP) is 4.04. The van der Waals surface area contributed by atoms with Gasteiger partial charge in [0.05, 0.1) is 12.0 Å². The van der Waals surface area contributed by atoms with E-state index >= 15 is 0 Å². The molecule has 0 bridgehead atoms. The zero-order valence-corrected chi connectivity index (χ0v) is 14.3. The van der Waals surface area contributed by atoms with Gasteiger partial charge in [0.15, 0.2) is 0 Å². The topological polar surface area (TPSA) is 104 Å².